The molecule has 0 aromatic heterocycles. The summed E-state index contributed by atoms with van der Waals surface area (Å²) in [6, 6.07) is 0. The Bertz CT molecular complexity index is 195. The van der Waals surface area contributed by atoms with Gasteiger partial charge in [0.05, 0.1) is 18.8 Å². The highest BCUT2D eigenvalue weighted by molar-refractivity contribution is 4.94. The summed E-state index contributed by atoms with van der Waals surface area (Å²) in [4.78, 5) is 0. The Kier molecular flexibility index (Phi) is 3.10. The van der Waals surface area contributed by atoms with Crippen LogP contribution < -0.4 is 0 Å². The molecule has 3 heteroatoms. The van der Waals surface area contributed by atoms with E-state index in [0.717, 1.165) is 19.3 Å². The van der Waals surface area contributed by atoms with Crippen LogP contribution in [0.15, 0.2) is 0 Å². The Morgan fingerprint density at radius 3 is 2.71 bits per heavy atom. The fraction of sp³-hybridized carbons (Fsp3) is 1.00. The van der Waals surface area contributed by atoms with Gasteiger partial charge in [0, 0.05) is 11.8 Å². The van der Waals surface area contributed by atoms with Gasteiger partial charge in [-0.3, -0.25) is 0 Å². The van der Waals surface area contributed by atoms with Gasteiger partial charge in [-0.2, -0.15) is 0 Å². The van der Waals surface area contributed by atoms with Crippen molar-refractivity contribution in [2.45, 2.75) is 51.6 Å². The molecule has 82 valence electrons. The smallest absolute Gasteiger partial charge is 0.160 e. The Labute approximate surface area is 85.4 Å². The molecular weight excluding hydrogens is 180 g/mol. The van der Waals surface area contributed by atoms with Crippen molar-refractivity contribution in [3.63, 3.8) is 0 Å². The second kappa shape index (κ2) is 4.17. The standard InChI is InChI=1S/C11H20O3/c1-3-5-9-7-6-13-11(12)10(7)8(4-2)14-9/h7-12H,3-6H2,1-2H3/t7?,8?,9?,10?,11-/m0/s1. The largest absolute Gasteiger partial charge is 0.374 e. The molecule has 1 N–H and O–H groups in total. The average Bonchev–Trinajstić information content (AvgIpc) is 2.70. The minimum Gasteiger partial charge on any atom is -0.374 e. The molecule has 0 bridgehead atoms. The zero-order chi connectivity index (χ0) is 10.1. The molecule has 0 aliphatic carbocycles. The van der Waals surface area contributed by atoms with Crippen LogP contribution in [0.1, 0.15) is 33.1 Å². The third-order valence-corrected chi connectivity index (χ3v) is 3.52. The SMILES string of the molecule is CCCC1OC(CC)C2C1CO[C@@H]2O. The van der Waals surface area contributed by atoms with Crippen molar-refractivity contribution in [3.05, 3.63) is 0 Å². The average molecular weight is 200 g/mol. The summed E-state index contributed by atoms with van der Waals surface area (Å²) in [5.41, 5.74) is 0. The van der Waals surface area contributed by atoms with Crippen LogP contribution in [0.2, 0.25) is 0 Å². The van der Waals surface area contributed by atoms with Gasteiger partial charge in [0.2, 0.25) is 0 Å². The van der Waals surface area contributed by atoms with Gasteiger partial charge >= 0.3 is 0 Å². The quantitative estimate of drug-likeness (QED) is 0.751. The number of fused-ring (bicyclic) bond motifs is 1. The van der Waals surface area contributed by atoms with Gasteiger partial charge in [0.25, 0.3) is 0 Å². The summed E-state index contributed by atoms with van der Waals surface area (Å²) in [6.07, 6.45) is 3.13. The molecule has 0 saturated carbocycles. The van der Waals surface area contributed by atoms with E-state index >= 15 is 0 Å². The van der Waals surface area contributed by atoms with Crippen LogP contribution in [0.3, 0.4) is 0 Å². The highest BCUT2D eigenvalue weighted by atomic mass is 16.6. The minimum absolute atomic E-state index is 0.203. The maximum Gasteiger partial charge on any atom is 0.160 e. The van der Waals surface area contributed by atoms with E-state index in [1.165, 1.54) is 0 Å². The van der Waals surface area contributed by atoms with Gasteiger partial charge in [-0.15, -0.1) is 0 Å². The van der Waals surface area contributed by atoms with Crippen molar-refractivity contribution < 1.29 is 14.6 Å². The lowest BCUT2D eigenvalue weighted by atomic mass is 9.87. The third kappa shape index (κ3) is 1.58. The third-order valence-electron chi connectivity index (χ3n) is 3.52. The molecule has 2 rings (SSSR count). The monoisotopic (exact) mass is 200 g/mol. The zero-order valence-electron chi connectivity index (χ0n) is 8.98. The Balaban J connectivity index is 2.06. The van der Waals surface area contributed by atoms with E-state index < -0.39 is 6.29 Å². The van der Waals surface area contributed by atoms with Gasteiger partial charge < -0.3 is 14.6 Å². The lowest BCUT2D eigenvalue weighted by Crippen LogP contribution is -2.26. The van der Waals surface area contributed by atoms with Gasteiger partial charge in [-0.05, 0) is 12.8 Å². The molecule has 4 unspecified atom stereocenters. The van der Waals surface area contributed by atoms with Crippen molar-refractivity contribution in [2.24, 2.45) is 11.8 Å². The summed E-state index contributed by atoms with van der Waals surface area (Å²) in [5.74, 6) is 0.645. The van der Waals surface area contributed by atoms with E-state index in [2.05, 4.69) is 13.8 Å². The molecule has 0 spiro atoms. The molecule has 2 heterocycles. The van der Waals surface area contributed by atoms with E-state index in [9.17, 15) is 5.11 Å². The van der Waals surface area contributed by atoms with Gasteiger partial charge in [-0.25, -0.2) is 0 Å². The second-order valence-electron chi connectivity index (χ2n) is 4.38. The number of aliphatic hydroxyl groups excluding tert-OH is 1. The van der Waals surface area contributed by atoms with Crippen molar-refractivity contribution in [2.75, 3.05) is 6.61 Å². The summed E-state index contributed by atoms with van der Waals surface area (Å²) < 4.78 is 11.3. The van der Waals surface area contributed by atoms with E-state index in [1.807, 2.05) is 0 Å². The first kappa shape index (κ1) is 10.4. The van der Waals surface area contributed by atoms with E-state index in [0.29, 0.717) is 18.6 Å². The summed E-state index contributed by atoms with van der Waals surface area (Å²) in [6.45, 7) is 4.96. The van der Waals surface area contributed by atoms with Crippen molar-refractivity contribution >= 4 is 0 Å². The van der Waals surface area contributed by atoms with Crippen LogP contribution in [0.5, 0.6) is 0 Å². The second-order valence-corrected chi connectivity index (χ2v) is 4.38. The summed E-state index contributed by atoms with van der Waals surface area (Å²) in [5, 5.41) is 9.68. The molecule has 0 radical (unpaired) electrons. The summed E-state index contributed by atoms with van der Waals surface area (Å²) >= 11 is 0. The molecule has 2 aliphatic heterocycles. The highest BCUT2D eigenvalue weighted by Gasteiger charge is 2.50. The van der Waals surface area contributed by atoms with Crippen LogP contribution in [-0.2, 0) is 9.47 Å². The Hall–Kier alpha value is -0.120. The summed E-state index contributed by atoms with van der Waals surface area (Å²) in [7, 11) is 0. The minimum atomic E-state index is -0.591. The lowest BCUT2D eigenvalue weighted by molar-refractivity contribution is -0.115. The number of aliphatic hydroxyl groups is 1. The number of hydrogen-bond acceptors (Lipinski definition) is 3. The first-order valence-corrected chi connectivity index (χ1v) is 5.73. The molecule has 5 atom stereocenters. The molecule has 0 amide bonds. The van der Waals surface area contributed by atoms with Crippen LogP contribution in [0.25, 0.3) is 0 Å². The zero-order valence-corrected chi connectivity index (χ0v) is 8.98. The molecular formula is C11H20O3. The normalized spacial score (nSPS) is 46.9. The van der Waals surface area contributed by atoms with E-state index in [-0.39, 0.29) is 12.0 Å². The molecule has 0 aromatic rings. The number of hydrogen-bond donors (Lipinski definition) is 1. The molecule has 2 aliphatic rings. The number of ether oxygens (including phenoxy) is 2. The molecule has 3 nitrogen and oxygen atoms in total. The van der Waals surface area contributed by atoms with Crippen molar-refractivity contribution in [1.29, 1.82) is 0 Å². The molecule has 2 fully saturated rings. The van der Waals surface area contributed by atoms with Gasteiger partial charge in [0.1, 0.15) is 0 Å². The lowest BCUT2D eigenvalue weighted by Gasteiger charge is -2.17. The van der Waals surface area contributed by atoms with Gasteiger partial charge in [0.15, 0.2) is 6.29 Å². The molecule has 14 heavy (non-hydrogen) atoms. The molecule has 0 aromatic carbocycles. The maximum absolute atomic E-state index is 9.68. The predicted octanol–water partition coefficient (Wildman–Crippen LogP) is 1.54. The van der Waals surface area contributed by atoms with E-state index in [4.69, 9.17) is 9.47 Å². The first-order valence-electron chi connectivity index (χ1n) is 5.73. The van der Waals surface area contributed by atoms with Crippen LogP contribution in [-0.4, -0.2) is 30.2 Å². The number of rotatable bonds is 3. The van der Waals surface area contributed by atoms with Gasteiger partial charge in [-0.1, -0.05) is 20.3 Å². The van der Waals surface area contributed by atoms with Crippen LogP contribution in [0.4, 0.5) is 0 Å². The first-order chi connectivity index (χ1) is 6.77. The van der Waals surface area contributed by atoms with Crippen molar-refractivity contribution in [3.8, 4) is 0 Å². The Morgan fingerprint density at radius 1 is 1.29 bits per heavy atom. The van der Waals surface area contributed by atoms with Crippen molar-refractivity contribution in [1.82, 2.24) is 0 Å². The van der Waals surface area contributed by atoms with E-state index in [1.54, 1.807) is 0 Å². The molecule has 2 saturated heterocycles. The maximum atomic E-state index is 9.68. The van der Waals surface area contributed by atoms with Crippen LogP contribution >= 0.6 is 0 Å². The highest BCUT2D eigenvalue weighted by Crippen LogP contribution is 2.42. The fourth-order valence-corrected chi connectivity index (χ4v) is 2.81. The Morgan fingerprint density at radius 2 is 2.07 bits per heavy atom. The predicted molar refractivity (Wildman–Crippen MR) is 52.8 cm³/mol. The fourth-order valence-electron chi connectivity index (χ4n) is 2.81. The van der Waals surface area contributed by atoms with Crippen LogP contribution in [0, 0.1) is 11.8 Å². The topological polar surface area (TPSA) is 38.7 Å².